The number of rotatable bonds is 0. The fourth-order valence-electron chi connectivity index (χ4n) is 2.71. The first-order valence-corrected chi connectivity index (χ1v) is 5.65. The van der Waals surface area contributed by atoms with E-state index in [9.17, 15) is 0 Å². The van der Waals surface area contributed by atoms with Gasteiger partial charge in [-0.25, -0.2) is 0 Å². The number of guanidine groups is 1. The standard InChI is InChI=1S/C10H19N4/c1-11-2-4-12-6-8-14-9-7-13(5-3-11)10(12)14/h2-9H2,1H3/q+1. The lowest BCUT2D eigenvalue weighted by Gasteiger charge is -2.23. The number of likely N-dealkylation sites (N-methyl/N-ethyl adjacent to an activating group) is 1. The minimum atomic E-state index is 1.21. The maximum Gasteiger partial charge on any atom is 0.351 e. The van der Waals surface area contributed by atoms with Crippen LogP contribution >= 0.6 is 0 Å². The van der Waals surface area contributed by atoms with E-state index < -0.39 is 0 Å². The van der Waals surface area contributed by atoms with Crippen molar-refractivity contribution in [2.24, 2.45) is 0 Å². The number of hydrogen-bond acceptors (Lipinski definition) is 3. The molecule has 0 amide bonds. The molecule has 1 saturated heterocycles. The third kappa shape index (κ3) is 1.21. The monoisotopic (exact) mass is 195 g/mol. The lowest BCUT2D eigenvalue weighted by molar-refractivity contribution is -0.523. The Labute approximate surface area is 85.4 Å². The van der Waals surface area contributed by atoms with Crippen LogP contribution < -0.4 is 0 Å². The first-order valence-electron chi connectivity index (χ1n) is 5.65. The molecule has 3 heterocycles. The van der Waals surface area contributed by atoms with Crippen molar-refractivity contribution < 1.29 is 4.58 Å². The highest BCUT2D eigenvalue weighted by molar-refractivity contribution is 5.78. The van der Waals surface area contributed by atoms with Crippen molar-refractivity contribution in [3.05, 3.63) is 0 Å². The summed E-state index contributed by atoms with van der Waals surface area (Å²) >= 11 is 0. The molecule has 0 radical (unpaired) electrons. The Balaban J connectivity index is 1.89. The van der Waals surface area contributed by atoms with Crippen LogP contribution in [-0.4, -0.2) is 84.6 Å². The maximum atomic E-state index is 2.56. The normalized spacial score (nSPS) is 28.1. The molecule has 0 N–H and O–H groups in total. The predicted octanol–water partition coefficient (Wildman–Crippen LogP) is -1.07. The van der Waals surface area contributed by atoms with E-state index in [0.717, 1.165) is 0 Å². The molecule has 0 saturated carbocycles. The Morgan fingerprint density at radius 1 is 0.857 bits per heavy atom. The first-order chi connectivity index (χ1) is 6.84. The smallest absolute Gasteiger partial charge is 0.300 e. The van der Waals surface area contributed by atoms with Gasteiger partial charge in [0, 0.05) is 13.1 Å². The zero-order valence-corrected chi connectivity index (χ0v) is 8.95. The highest BCUT2D eigenvalue weighted by atomic mass is 15.5. The third-order valence-corrected chi connectivity index (χ3v) is 3.63. The van der Waals surface area contributed by atoms with Crippen molar-refractivity contribution in [1.29, 1.82) is 0 Å². The highest BCUT2D eigenvalue weighted by Crippen LogP contribution is 2.14. The van der Waals surface area contributed by atoms with E-state index in [2.05, 4.69) is 26.3 Å². The van der Waals surface area contributed by atoms with Crippen molar-refractivity contribution in [3.63, 3.8) is 0 Å². The van der Waals surface area contributed by atoms with Gasteiger partial charge in [-0.15, -0.1) is 0 Å². The van der Waals surface area contributed by atoms with Crippen molar-refractivity contribution in [1.82, 2.24) is 14.7 Å². The summed E-state index contributed by atoms with van der Waals surface area (Å²) in [6, 6.07) is 0. The van der Waals surface area contributed by atoms with E-state index in [4.69, 9.17) is 0 Å². The van der Waals surface area contributed by atoms with Gasteiger partial charge < -0.3 is 4.90 Å². The molecule has 0 aromatic rings. The molecule has 0 bridgehead atoms. The first kappa shape index (κ1) is 8.53. The summed E-state index contributed by atoms with van der Waals surface area (Å²) in [7, 11) is 2.23. The van der Waals surface area contributed by atoms with Gasteiger partial charge in [-0.05, 0) is 7.05 Å². The van der Waals surface area contributed by atoms with Gasteiger partial charge in [0.15, 0.2) is 0 Å². The molecule has 4 nitrogen and oxygen atoms in total. The Morgan fingerprint density at radius 3 is 2.36 bits per heavy atom. The molecule has 0 spiro atoms. The lowest BCUT2D eigenvalue weighted by atomic mass is 10.4. The Bertz CT molecular complexity index is 273. The molecule has 3 rings (SSSR count). The van der Waals surface area contributed by atoms with Crippen LogP contribution in [0.4, 0.5) is 0 Å². The second kappa shape index (κ2) is 3.12. The van der Waals surface area contributed by atoms with Crippen LogP contribution in [0.2, 0.25) is 0 Å². The summed E-state index contributed by atoms with van der Waals surface area (Å²) < 4.78 is 2.56. The predicted molar refractivity (Wildman–Crippen MR) is 55.6 cm³/mol. The fraction of sp³-hybridized carbons (Fsp3) is 0.900. The highest BCUT2D eigenvalue weighted by Gasteiger charge is 2.40. The molecule has 4 heteroatoms. The topological polar surface area (TPSA) is 12.7 Å². The van der Waals surface area contributed by atoms with Crippen molar-refractivity contribution in [2.45, 2.75) is 0 Å². The number of nitrogens with zero attached hydrogens (tertiary/aromatic N) is 4. The SMILES string of the molecule is CN1CCN2CCN3CC[N+](=C23)CC1. The van der Waals surface area contributed by atoms with E-state index in [1.165, 1.54) is 58.3 Å². The summed E-state index contributed by atoms with van der Waals surface area (Å²) in [6.07, 6.45) is 0. The fourth-order valence-corrected chi connectivity index (χ4v) is 2.71. The van der Waals surface area contributed by atoms with E-state index >= 15 is 0 Å². The maximum absolute atomic E-state index is 2.56. The minimum absolute atomic E-state index is 1.21. The van der Waals surface area contributed by atoms with Crippen LogP contribution in [0, 0.1) is 0 Å². The molecule has 0 unspecified atom stereocenters. The molecule has 0 aliphatic carbocycles. The molecule has 3 aliphatic heterocycles. The lowest BCUT2D eigenvalue weighted by Crippen LogP contribution is -2.44. The molecule has 14 heavy (non-hydrogen) atoms. The molecule has 3 aliphatic rings. The van der Waals surface area contributed by atoms with Gasteiger partial charge in [-0.1, -0.05) is 0 Å². The van der Waals surface area contributed by atoms with Crippen molar-refractivity contribution in [2.75, 3.05) is 59.4 Å². The van der Waals surface area contributed by atoms with E-state index in [0.29, 0.717) is 0 Å². The Morgan fingerprint density at radius 2 is 1.50 bits per heavy atom. The van der Waals surface area contributed by atoms with Crippen molar-refractivity contribution >= 4 is 5.96 Å². The van der Waals surface area contributed by atoms with E-state index in [1.807, 2.05) is 0 Å². The summed E-state index contributed by atoms with van der Waals surface area (Å²) in [5.41, 5.74) is 0. The zero-order chi connectivity index (χ0) is 9.54. The molecule has 78 valence electrons. The minimum Gasteiger partial charge on any atom is -0.300 e. The molecular weight excluding hydrogens is 176 g/mol. The average molecular weight is 195 g/mol. The molecular formula is C10H19N4+. The van der Waals surface area contributed by atoms with Crippen LogP contribution in [0.25, 0.3) is 0 Å². The summed E-state index contributed by atoms with van der Waals surface area (Å²) in [6.45, 7) is 9.80. The average Bonchev–Trinajstić information content (AvgIpc) is 2.69. The van der Waals surface area contributed by atoms with Gasteiger partial charge in [0.05, 0.1) is 39.3 Å². The zero-order valence-electron chi connectivity index (χ0n) is 8.95. The van der Waals surface area contributed by atoms with E-state index in [-0.39, 0.29) is 0 Å². The van der Waals surface area contributed by atoms with Crippen LogP contribution in [0.15, 0.2) is 0 Å². The van der Waals surface area contributed by atoms with Crippen LogP contribution in [0.1, 0.15) is 0 Å². The van der Waals surface area contributed by atoms with Gasteiger partial charge in [-0.3, -0.25) is 14.4 Å². The second-order valence-corrected chi connectivity index (χ2v) is 4.56. The second-order valence-electron chi connectivity index (χ2n) is 4.56. The molecule has 0 aromatic heterocycles. The van der Waals surface area contributed by atoms with Gasteiger partial charge >= 0.3 is 5.96 Å². The molecule has 0 atom stereocenters. The van der Waals surface area contributed by atoms with Gasteiger partial charge in [-0.2, -0.15) is 0 Å². The summed E-state index contributed by atoms with van der Waals surface area (Å²) in [4.78, 5) is 7.55. The van der Waals surface area contributed by atoms with Gasteiger partial charge in [0.2, 0.25) is 0 Å². The largest absolute Gasteiger partial charge is 0.351 e. The van der Waals surface area contributed by atoms with Gasteiger partial charge in [0.25, 0.3) is 0 Å². The van der Waals surface area contributed by atoms with Crippen LogP contribution in [0.5, 0.6) is 0 Å². The van der Waals surface area contributed by atoms with E-state index in [1.54, 1.807) is 0 Å². The quantitative estimate of drug-likeness (QED) is 0.457. The van der Waals surface area contributed by atoms with Crippen LogP contribution in [-0.2, 0) is 0 Å². The Hall–Kier alpha value is -0.770. The molecule has 1 fully saturated rings. The molecule has 0 aromatic carbocycles. The van der Waals surface area contributed by atoms with Crippen LogP contribution in [0.3, 0.4) is 0 Å². The Kier molecular flexibility index (Phi) is 1.90. The number of hydrogen-bond donors (Lipinski definition) is 0. The van der Waals surface area contributed by atoms with Gasteiger partial charge in [0.1, 0.15) is 0 Å². The van der Waals surface area contributed by atoms with Crippen molar-refractivity contribution in [3.8, 4) is 0 Å². The summed E-state index contributed by atoms with van der Waals surface area (Å²) in [5.74, 6) is 1.53. The summed E-state index contributed by atoms with van der Waals surface area (Å²) in [5, 5.41) is 0. The third-order valence-electron chi connectivity index (χ3n) is 3.63.